The lowest BCUT2D eigenvalue weighted by Crippen LogP contribution is -2.01. The molecule has 0 saturated carbocycles. The van der Waals surface area contributed by atoms with E-state index < -0.39 is 4.92 Å². The van der Waals surface area contributed by atoms with Crippen molar-refractivity contribution in [2.24, 2.45) is 0 Å². The van der Waals surface area contributed by atoms with Gasteiger partial charge < -0.3 is 9.47 Å². The second-order valence-corrected chi connectivity index (χ2v) is 4.33. The molecule has 8 heteroatoms. The van der Waals surface area contributed by atoms with Crippen LogP contribution in [0.15, 0.2) is 30.3 Å². The first kappa shape index (κ1) is 15.1. The Morgan fingerprint density at radius 3 is 2.86 bits per heavy atom. The van der Waals surface area contributed by atoms with Gasteiger partial charge in [-0.3, -0.25) is 10.1 Å². The van der Waals surface area contributed by atoms with E-state index in [9.17, 15) is 10.1 Å². The number of non-ortho nitro benzene ring substituents is 1. The van der Waals surface area contributed by atoms with Crippen molar-refractivity contribution in [1.29, 1.82) is 0 Å². The first-order valence-electron chi connectivity index (χ1n) is 6.12. The van der Waals surface area contributed by atoms with Crippen molar-refractivity contribution >= 4 is 17.3 Å². The van der Waals surface area contributed by atoms with Gasteiger partial charge in [-0.05, 0) is 13.0 Å². The largest absolute Gasteiger partial charge is 0.439 e. The maximum Gasteiger partial charge on any atom is 0.273 e. The first-order valence-corrected chi connectivity index (χ1v) is 6.50. The van der Waals surface area contributed by atoms with E-state index in [1.807, 2.05) is 6.92 Å². The van der Waals surface area contributed by atoms with E-state index in [4.69, 9.17) is 21.1 Å². The first-order chi connectivity index (χ1) is 10.1. The van der Waals surface area contributed by atoms with E-state index in [-0.39, 0.29) is 23.3 Å². The van der Waals surface area contributed by atoms with E-state index in [1.54, 1.807) is 6.07 Å². The van der Waals surface area contributed by atoms with Crippen LogP contribution in [0.3, 0.4) is 0 Å². The zero-order valence-corrected chi connectivity index (χ0v) is 11.9. The van der Waals surface area contributed by atoms with Crippen LogP contribution in [0.1, 0.15) is 12.7 Å². The van der Waals surface area contributed by atoms with Crippen molar-refractivity contribution in [3.05, 3.63) is 51.4 Å². The van der Waals surface area contributed by atoms with E-state index in [0.29, 0.717) is 18.2 Å². The molecule has 2 aromatic rings. The molecule has 0 aliphatic rings. The molecular weight excluding hydrogens is 298 g/mol. The molecule has 0 aliphatic heterocycles. The second-order valence-electron chi connectivity index (χ2n) is 3.94. The van der Waals surface area contributed by atoms with Crippen LogP contribution in [-0.2, 0) is 11.3 Å². The van der Waals surface area contributed by atoms with Gasteiger partial charge in [-0.1, -0.05) is 17.7 Å². The zero-order chi connectivity index (χ0) is 15.2. The Morgan fingerprint density at radius 2 is 2.14 bits per heavy atom. The maximum absolute atomic E-state index is 10.7. The molecule has 1 aromatic carbocycles. The molecule has 0 N–H and O–H groups in total. The zero-order valence-electron chi connectivity index (χ0n) is 11.2. The summed E-state index contributed by atoms with van der Waals surface area (Å²) in [5, 5.41) is 10.9. The van der Waals surface area contributed by atoms with Crippen LogP contribution < -0.4 is 4.74 Å². The Kier molecular flexibility index (Phi) is 5.02. The predicted octanol–water partition coefficient (Wildman–Crippen LogP) is 3.37. The minimum absolute atomic E-state index is 0.0674. The predicted molar refractivity (Wildman–Crippen MR) is 75.5 cm³/mol. The van der Waals surface area contributed by atoms with Crippen molar-refractivity contribution in [3.63, 3.8) is 0 Å². The summed E-state index contributed by atoms with van der Waals surface area (Å²) in [6.45, 7) is 2.59. The lowest BCUT2D eigenvalue weighted by Gasteiger charge is -2.07. The molecule has 0 fully saturated rings. The number of hydrogen-bond donors (Lipinski definition) is 0. The van der Waals surface area contributed by atoms with Crippen LogP contribution in [0.2, 0.25) is 5.15 Å². The van der Waals surface area contributed by atoms with E-state index in [0.717, 1.165) is 0 Å². The highest BCUT2D eigenvalue weighted by Gasteiger charge is 2.09. The highest BCUT2D eigenvalue weighted by Crippen LogP contribution is 2.25. The summed E-state index contributed by atoms with van der Waals surface area (Å²) in [5.74, 6) is 0.872. The minimum Gasteiger partial charge on any atom is -0.439 e. The number of ether oxygens (including phenoxy) is 2. The van der Waals surface area contributed by atoms with Crippen molar-refractivity contribution in [2.75, 3.05) is 6.61 Å². The number of hydrogen-bond acceptors (Lipinski definition) is 6. The Morgan fingerprint density at radius 1 is 1.33 bits per heavy atom. The molecule has 0 radical (unpaired) electrons. The highest BCUT2D eigenvalue weighted by atomic mass is 35.5. The summed E-state index contributed by atoms with van der Waals surface area (Å²) in [6, 6.07) is 7.22. The molecule has 7 nitrogen and oxygen atoms in total. The lowest BCUT2D eigenvalue weighted by molar-refractivity contribution is -0.384. The molecule has 0 amide bonds. The molecule has 2 rings (SSSR count). The van der Waals surface area contributed by atoms with E-state index >= 15 is 0 Å². The number of rotatable bonds is 6. The van der Waals surface area contributed by atoms with Crippen LogP contribution in [0, 0.1) is 10.1 Å². The van der Waals surface area contributed by atoms with Gasteiger partial charge in [-0.25, -0.2) is 4.98 Å². The molecule has 0 bridgehead atoms. The normalized spacial score (nSPS) is 10.4. The Hall–Kier alpha value is -2.25. The lowest BCUT2D eigenvalue weighted by atomic mass is 10.3. The Bertz CT molecular complexity index is 651. The summed E-state index contributed by atoms with van der Waals surface area (Å²) in [4.78, 5) is 18.3. The monoisotopic (exact) mass is 309 g/mol. The second kappa shape index (κ2) is 6.96. The number of nitro benzene ring substituents is 1. The van der Waals surface area contributed by atoms with Crippen LogP contribution in [0.4, 0.5) is 5.69 Å². The van der Waals surface area contributed by atoms with Gasteiger partial charge in [0, 0.05) is 18.7 Å². The number of nitrogens with zero attached hydrogens (tertiary/aromatic N) is 3. The van der Waals surface area contributed by atoms with Crippen LogP contribution in [-0.4, -0.2) is 21.5 Å². The van der Waals surface area contributed by atoms with Crippen molar-refractivity contribution < 1.29 is 14.4 Å². The smallest absolute Gasteiger partial charge is 0.273 e. The molecule has 1 aromatic heterocycles. The topological polar surface area (TPSA) is 87.4 Å². The van der Waals surface area contributed by atoms with Gasteiger partial charge in [0.05, 0.1) is 11.0 Å². The molecule has 21 heavy (non-hydrogen) atoms. The third-order valence-electron chi connectivity index (χ3n) is 2.40. The van der Waals surface area contributed by atoms with Gasteiger partial charge in [0.25, 0.3) is 5.69 Å². The van der Waals surface area contributed by atoms with E-state index in [1.165, 1.54) is 24.3 Å². The van der Waals surface area contributed by atoms with Gasteiger partial charge in [0.2, 0.25) is 5.88 Å². The average Bonchev–Trinajstić information content (AvgIpc) is 2.45. The van der Waals surface area contributed by atoms with Crippen LogP contribution >= 0.6 is 11.6 Å². The molecule has 0 unspecified atom stereocenters. The quantitative estimate of drug-likeness (QED) is 0.462. The molecule has 1 heterocycles. The molecule has 0 atom stereocenters. The van der Waals surface area contributed by atoms with Crippen LogP contribution in [0.25, 0.3) is 0 Å². The van der Waals surface area contributed by atoms with Gasteiger partial charge in [-0.2, -0.15) is 4.98 Å². The molecule has 110 valence electrons. The third kappa shape index (κ3) is 4.37. The standard InChI is InChI=1S/C13H12ClN3O4/c1-2-20-8-12-15-11(14)7-13(16-12)21-10-5-3-4-9(6-10)17(18)19/h3-7H,2,8H2,1H3. The summed E-state index contributed by atoms with van der Waals surface area (Å²) in [5.41, 5.74) is -0.0674. The highest BCUT2D eigenvalue weighted by molar-refractivity contribution is 6.29. The minimum atomic E-state index is -0.500. The van der Waals surface area contributed by atoms with Crippen molar-refractivity contribution in [3.8, 4) is 11.6 Å². The number of halogens is 1. The van der Waals surface area contributed by atoms with Gasteiger partial charge in [-0.15, -0.1) is 0 Å². The summed E-state index contributed by atoms with van der Waals surface area (Å²) >= 11 is 5.88. The molecule has 0 saturated heterocycles. The average molecular weight is 310 g/mol. The summed E-state index contributed by atoms with van der Waals surface area (Å²) in [7, 11) is 0. The van der Waals surface area contributed by atoms with Crippen LogP contribution in [0.5, 0.6) is 11.6 Å². The van der Waals surface area contributed by atoms with Crippen molar-refractivity contribution in [2.45, 2.75) is 13.5 Å². The fourth-order valence-corrected chi connectivity index (χ4v) is 1.72. The van der Waals surface area contributed by atoms with E-state index in [2.05, 4.69) is 9.97 Å². The number of nitro groups is 1. The van der Waals surface area contributed by atoms with Crippen molar-refractivity contribution in [1.82, 2.24) is 9.97 Å². The maximum atomic E-state index is 10.7. The van der Waals surface area contributed by atoms with Gasteiger partial charge >= 0.3 is 0 Å². The molecule has 0 aliphatic carbocycles. The fourth-order valence-electron chi connectivity index (χ4n) is 1.53. The van der Waals surface area contributed by atoms with Gasteiger partial charge in [0.1, 0.15) is 17.5 Å². The summed E-state index contributed by atoms with van der Waals surface area (Å²) in [6.07, 6.45) is 0. The Balaban J connectivity index is 2.20. The number of aromatic nitrogens is 2. The Labute approximate surface area is 125 Å². The third-order valence-corrected chi connectivity index (χ3v) is 2.60. The molecule has 0 spiro atoms. The number of benzene rings is 1. The molecular formula is C13H12ClN3O4. The summed E-state index contributed by atoms with van der Waals surface area (Å²) < 4.78 is 10.7. The SMILES string of the molecule is CCOCc1nc(Cl)cc(Oc2cccc([N+](=O)[O-])c2)n1. The van der Waals surface area contributed by atoms with Gasteiger partial charge in [0.15, 0.2) is 5.82 Å². The fraction of sp³-hybridized carbons (Fsp3) is 0.231.